The normalized spacial score (nSPS) is 17.8. The van der Waals surface area contributed by atoms with Gasteiger partial charge in [0.25, 0.3) is 0 Å². The maximum atomic E-state index is 5.90. The Morgan fingerprint density at radius 3 is 1.35 bits per heavy atom. The molecule has 2 aromatic rings. The summed E-state index contributed by atoms with van der Waals surface area (Å²) in [6, 6.07) is 7.96. The van der Waals surface area contributed by atoms with Crippen LogP contribution < -0.4 is 0 Å². The molecule has 0 aromatic carbocycles. The summed E-state index contributed by atoms with van der Waals surface area (Å²) in [5.74, 6) is 3.96. The van der Waals surface area contributed by atoms with Gasteiger partial charge in [-0.05, 0) is 24.3 Å². The lowest BCUT2D eigenvalue weighted by Gasteiger charge is -2.00. The van der Waals surface area contributed by atoms with Crippen molar-refractivity contribution >= 4 is 0 Å². The lowest BCUT2D eigenvalue weighted by molar-refractivity contribution is 0.474. The van der Waals surface area contributed by atoms with E-state index in [1.54, 1.807) is 0 Å². The van der Waals surface area contributed by atoms with Crippen LogP contribution in [-0.2, 0) is 0 Å². The Labute approximate surface area is 117 Å². The summed E-state index contributed by atoms with van der Waals surface area (Å²) in [5.41, 5.74) is 0. The lowest BCUT2D eigenvalue weighted by atomic mass is 10.1. The molecule has 0 fully saturated rings. The fourth-order valence-electron chi connectivity index (χ4n) is 2.57. The lowest BCUT2D eigenvalue weighted by Crippen LogP contribution is -1.84. The molecule has 2 aliphatic carbocycles. The summed E-state index contributed by atoms with van der Waals surface area (Å²) in [6.45, 7) is 0. The zero-order valence-corrected chi connectivity index (χ0v) is 10.9. The standard InChI is InChI=1S/C18H14O2/c1-2-6-13(5-1)15-9-11-17(19-15)18-12-10-16(20-18)14-7-3-4-8-14/h1-14H. The highest BCUT2D eigenvalue weighted by atomic mass is 16.4. The zero-order chi connectivity index (χ0) is 13.4. The molecule has 0 aliphatic heterocycles. The van der Waals surface area contributed by atoms with E-state index in [4.69, 9.17) is 8.83 Å². The maximum Gasteiger partial charge on any atom is 0.169 e. The molecule has 0 unspecified atom stereocenters. The average molecular weight is 262 g/mol. The Morgan fingerprint density at radius 1 is 0.550 bits per heavy atom. The van der Waals surface area contributed by atoms with Crippen molar-refractivity contribution in [2.45, 2.75) is 11.8 Å². The van der Waals surface area contributed by atoms with Gasteiger partial charge in [-0.1, -0.05) is 48.6 Å². The van der Waals surface area contributed by atoms with Crippen LogP contribution in [0.3, 0.4) is 0 Å². The van der Waals surface area contributed by atoms with E-state index in [0.717, 1.165) is 23.0 Å². The molecule has 4 rings (SSSR count). The molecule has 0 N–H and O–H groups in total. The Kier molecular flexibility index (Phi) is 2.59. The monoisotopic (exact) mass is 262 g/mol. The molecular formula is C18H14O2. The van der Waals surface area contributed by atoms with Crippen LogP contribution in [0.2, 0.25) is 0 Å². The molecule has 2 nitrogen and oxygen atoms in total. The van der Waals surface area contributed by atoms with Gasteiger partial charge in [0.1, 0.15) is 11.5 Å². The fraction of sp³-hybridized carbons (Fsp3) is 0.111. The van der Waals surface area contributed by atoms with Crippen molar-refractivity contribution in [1.29, 1.82) is 0 Å². The number of allylic oxidation sites excluding steroid dienone is 8. The molecular weight excluding hydrogens is 248 g/mol. The maximum absolute atomic E-state index is 5.90. The van der Waals surface area contributed by atoms with Gasteiger partial charge in [0.2, 0.25) is 0 Å². The summed E-state index contributed by atoms with van der Waals surface area (Å²) in [4.78, 5) is 0. The van der Waals surface area contributed by atoms with Gasteiger partial charge in [0.15, 0.2) is 11.5 Å². The van der Waals surface area contributed by atoms with E-state index in [9.17, 15) is 0 Å². The number of furan rings is 2. The molecule has 2 aliphatic rings. The molecule has 0 atom stereocenters. The van der Waals surface area contributed by atoms with Crippen LogP contribution in [0.25, 0.3) is 11.5 Å². The molecule has 0 bridgehead atoms. The van der Waals surface area contributed by atoms with Crippen molar-refractivity contribution in [2.75, 3.05) is 0 Å². The molecule has 20 heavy (non-hydrogen) atoms. The number of rotatable bonds is 3. The summed E-state index contributed by atoms with van der Waals surface area (Å²) >= 11 is 0. The van der Waals surface area contributed by atoms with Gasteiger partial charge in [-0.15, -0.1) is 0 Å². The second-order valence-electron chi connectivity index (χ2n) is 5.00. The molecule has 0 saturated heterocycles. The minimum Gasteiger partial charge on any atom is -0.457 e. The van der Waals surface area contributed by atoms with Crippen molar-refractivity contribution in [3.8, 4) is 11.5 Å². The van der Waals surface area contributed by atoms with Gasteiger partial charge in [-0.3, -0.25) is 0 Å². The highest BCUT2D eigenvalue weighted by Crippen LogP contribution is 2.33. The molecule has 0 radical (unpaired) electrons. The minimum absolute atomic E-state index is 0.249. The minimum atomic E-state index is 0.249. The van der Waals surface area contributed by atoms with E-state index >= 15 is 0 Å². The topological polar surface area (TPSA) is 26.3 Å². The predicted octanol–water partition coefficient (Wildman–Crippen LogP) is 4.96. The van der Waals surface area contributed by atoms with E-state index in [1.807, 2.05) is 48.6 Å². The average Bonchev–Trinajstić information content (AvgIpc) is 3.22. The first kappa shape index (κ1) is 11.4. The van der Waals surface area contributed by atoms with E-state index < -0.39 is 0 Å². The highest BCUT2D eigenvalue weighted by molar-refractivity contribution is 5.52. The molecule has 0 saturated carbocycles. The van der Waals surface area contributed by atoms with Gasteiger partial charge in [0, 0.05) is 0 Å². The van der Waals surface area contributed by atoms with Crippen LogP contribution in [0.1, 0.15) is 23.4 Å². The third-order valence-electron chi connectivity index (χ3n) is 3.65. The summed E-state index contributed by atoms with van der Waals surface area (Å²) < 4.78 is 11.8. The van der Waals surface area contributed by atoms with Gasteiger partial charge >= 0.3 is 0 Å². The quantitative estimate of drug-likeness (QED) is 0.781. The first-order chi connectivity index (χ1) is 9.90. The van der Waals surface area contributed by atoms with E-state index in [0.29, 0.717) is 0 Å². The molecule has 98 valence electrons. The zero-order valence-electron chi connectivity index (χ0n) is 10.9. The molecule has 0 amide bonds. The van der Waals surface area contributed by atoms with Gasteiger partial charge < -0.3 is 8.83 Å². The van der Waals surface area contributed by atoms with E-state index in [1.165, 1.54) is 0 Å². The second kappa shape index (κ2) is 4.57. The van der Waals surface area contributed by atoms with Crippen LogP contribution in [-0.4, -0.2) is 0 Å². The van der Waals surface area contributed by atoms with Crippen LogP contribution in [0.5, 0.6) is 0 Å². The third kappa shape index (κ3) is 1.90. The van der Waals surface area contributed by atoms with Crippen molar-refractivity contribution in [2.24, 2.45) is 0 Å². The molecule has 2 heteroatoms. The Hall–Kier alpha value is -2.48. The SMILES string of the molecule is C1=CC(c2ccc(-c3ccc(C4C=CC=C4)o3)o2)C=C1. The van der Waals surface area contributed by atoms with Crippen molar-refractivity contribution in [3.63, 3.8) is 0 Å². The first-order valence-corrected chi connectivity index (χ1v) is 6.80. The molecule has 0 spiro atoms. The van der Waals surface area contributed by atoms with Crippen LogP contribution in [0, 0.1) is 0 Å². The Bertz CT molecular complexity index is 649. The first-order valence-electron chi connectivity index (χ1n) is 6.80. The Morgan fingerprint density at radius 2 is 0.950 bits per heavy atom. The fourth-order valence-corrected chi connectivity index (χ4v) is 2.57. The van der Waals surface area contributed by atoms with Crippen LogP contribution in [0.15, 0.2) is 81.7 Å². The van der Waals surface area contributed by atoms with E-state index in [2.05, 4.69) is 24.3 Å². The summed E-state index contributed by atoms with van der Waals surface area (Å²) in [7, 11) is 0. The van der Waals surface area contributed by atoms with Crippen molar-refractivity contribution < 1.29 is 8.83 Å². The predicted molar refractivity (Wildman–Crippen MR) is 78.5 cm³/mol. The van der Waals surface area contributed by atoms with Crippen molar-refractivity contribution in [1.82, 2.24) is 0 Å². The number of hydrogen-bond acceptors (Lipinski definition) is 2. The molecule has 2 aromatic heterocycles. The molecule has 2 heterocycles. The largest absolute Gasteiger partial charge is 0.457 e. The van der Waals surface area contributed by atoms with Gasteiger partial charge in [0.05, 0.1) is 11.8 Å². The highest BCUT2D eigenvalue weighted by Gasteiger charge is 2.17. The van der Waals surface area contributed by atoms with Crippen LogP contribution >= 0.6 is 0 Å². The second-order valence-corrected chi connectivity index (χ2v) is 5.00. The van der Waals surface area contributed by atoms with E-state index in [-0.39, 0.29) is 11.8 Å². The van der Waals surface area contributed by atoms with Crippen LogP contribution in [0.4, 0.5) is 0 Å². The van der Waals surface area contributed by atoms with Gasteiger partial charge in [-0.2, -0.15) is 0 Å². The van der Waals surface area contributed by atoms with Crippen molar-refractivity contribution in [3.05, 3.63) is 84.4 Å². The Balaban J connectivity index is 1.61. The third-order valence-corrected chi connectivity index (χ3v) is 3.65. The summed E-state index contributed by atoms with van der Waals surface area (Å²) in [5, 5.41) is 0. The number of hydrogen-bond donors (Lipinski definition) is 0. The summed E-state index contributed by atoms with van der Waals surface area (Å²) in [6.07, 6.45) is 16.6. The smallest absolute Gasteiger partial charge is 0.169 e. The van der Waals surface area contributed by atoms with Gasteiger partial charge in [-0.25, -0.2) is 0 Å².